The summed E-state index contributed by atoms with van der Waals surface area (Å²) < 4.78 is 6.01. The molecular weight excluding hydrogens is 288 g/mol. The van der Waals surface area contributed by atoms with Gasteiger partial charge in [-0.15, -0.1) is 6.58 Å². The molecule has 4 heteroatoms. The monoisotopic (exact) mass is 310 g/mol. The van der Waals surface area contributed by atoms with E-state index in [2.05, 4.69) is 16.9 Å². The van der Waals surface area contributed by atoms with Crippen molar-refractivity contribution < 1.29 is 9.53 Å². The van der Waals surface area contributed by atoms with Crippen LogP contribution in [0.5, 0.6) is 11.6 Å². The van der Waals surface area contributed by atoms with Gasteiger partial charge in [0.2, 0.25) is 11.8 Å². The van der Waals surface area contributed by atoms with Crippen LogP contribution in [-0.2, 0) is 11.3 Å². The number of allylic oxidation sites excluding steroid dienone is 1. The number of pyridine rings is 1. The molecule has 1 N–H and O–H groups in total. The number of carbonyl (C=O) groups excluding carboxylic acids is 1. The molecule has 1 amide bonds. The molecule has 0 saturated carbocycles. The predicted octanol–water partition coefficient (Wildman–Crippen LogP) is 4.07. The minimum absolute atomic E-state index is 0.00762. The van der Waals surface area contributed by atoms with Crippen LogP contribution in [0.4, 0.5) is 0 Å². The Labute approximate surface area is 137 Å². The number of aryl methyl sites for hydroxylation is 2. The van der Waals surface area contributed by atoms with Crippen molar-refractivity contribution in [2.45, 2.75) is 33.2 Å². The van der Waals surface area contributed by atoms with Crippen molar-refractivity contribution in [3.05, 3.63) is 65.9 Å². The van der Waals surface area contributed by atoms with Crippen LogP contribution in [0.3, 0.4) is 0 Å². The molecule has 0 spiro atoms. The lowest BCUT2D eigenvalue weighted by molar-refractivity contribution is -0.121. The molecule has 1 aromatic carbocycles. The van der Waals surface area contributed by atoms with Crippen molar-refractivity contribution in [1.82, 2.24) is 10.3 Å². The number of benzene rings is 1. The van der Waals surface area contributed by atoms with Gasteiger partial charge in [0, 0.05) is 24.7 Å². The average molecular weight is 310 g/mol. The van der Waals surface area contributed by atoms with Crippen molar-refractivity contribution >= 4 is 5.91 Å². The smallest absolute Gasteiger partial charge is 0.224 e. The third kappa shape index (κ3) is 4.68. The summed E-state index contributed by atoms with van der Waals surface area (Å²) >= 11 is 0. The maximum atomic E-state index is 11.7. The summed E-state index contributed by atoms with van der Waals surface area (Å²) in [6, 6.07) is 9.74. The number of carbonyl (C=O) groups is 1. The van der Waals surface area contributed by atoms with E-state index in [-0.39, 0.29) is 5.91 Å². The van der Waals surface area contributed by atoms with Crippen molar-refractivity contribution in [2.75, 3.05) is 0 Å². The van der Waals surface area contributed by atoms with Gasteiger partial charge in [-0.05, 0) is 37.5 Å². The fraction of sp³-hybridized carbons (Fsp3) is 0.263. The lowest BCUT2D eigenvalue weighted by atomic mass is 10.1. The van der Waals surface area contributed by atoms with Gasteiger partial charge in [-0.1, -0.05) is 30.3 Å². The van der Waals surface area contributed by atoms with Gasteiger partial charge in [0.15, 0.2) is 0 Å². The molecule has 0 atom stereocenters. The molecule has 1 heterocycles. The SMILES string of the molecule is C=CCCC(=O)NCc1cccnc1Oc1c(C)cccc1C. The van der Waals surface area contributed by atoms with Gasteiger partial charge in [-0.3, -0.25) is 4.79 Å². The minimum atomic E-state index is -0.00762. The summed E-state index contributed by atoms with van der Waals surface area (Å²) in [7, 11) is 0. The van der Waals surface area contributed by atoms with Crippen LogP contribution in [0.1, 0.15) is 29.5 Å². The molecule has 4 nitrogen and oxygen atoms in total. The van der Waals surface area contributed by atoms with Crippen LogP contribution in [0.25, 0.3) is 0 Å². The molecule has 0 aliphatic carbocycles. The lowest BCUT2D eigenvalue weighted by Gasteiger charge is -2.14. The highest BCUT2D eigenvalue weighted by molar-refractivity contribution is 5.76. The Bertz CT molecular complexity index is 675. The highest BCUT2D eigenvalue weighted by atomic mass is 16.5. The van der Waals surface area contributed by atoms with Gasteiger partial charge in [-0.25, -0.2) is 4.98 Å². The van der Waals surface area contributed by atoms with Crippen molar-refractivity contribution in [1.29, 1.82) is 0 Å². The van der Waals surface area contributed by atoms with Crippen LogP contribution in [0.2, 0.25) is 0 Å². The Balaban J connectivity index is 2.11. The fourth-order valence-corrected chi connectivity index (χ4v) is 2.22. The molecule has 0 aliphatic heterocycles. The van der Waals surface area contributed by atoms with E-state index in [4.69, 9.17) is 4.74 Å². The summed E-state index contributed by atoms with van der Waals surface area (Å²) in [6.45, 7) is 8.02. The molecular formula is C19H22N2O2. The second-order valence-electron chi connectivity index (χ2n) is 5.39. The molecule has 0 radical (unpaired) electrons. The van der Waals surface area contributed by atoms with E-state index in [1.807, 2.05) is 44.2 Å². The first-order valence-corrected chi connectivity index (χ1v) is 7.67. The summed E-state index contributed by atoms with van der Waals surface area (Å²) in [5.74, 6) is 1.33. The molecule has 120 valence electrons. The molecule has 0 fully saturated rings. The molecule has 0 unspecified atom stereocenters. The standard InChI is InChI=1S/C19H22N2O2/c1-4-5-11-17(22)21-13-16-10-7-12-20-19(16)23-18-14(2)8-6-9-15(18)3/h4,6-10,12H,1,5,11,13H2,2-3H3,(H,21,22). The van der Waals surface area contributed by atoms with E-state index >= 15 is 0 Å². The Morgan fingerprint density at radius 2 is 2.00 bits per heavy atom. The zero-order valence-corrected chi connectivity index (χ0v) is 13.6. The molecule has 2 aromatic rings. The van der Waals surface area contributed by atoms with Gasteiger partial charge in [0.1, 0.15) is 5.75 Å². The number of para-hydroxylation sites is 1. The number of aromatic nitrogens is 1. The van der Waals surface area contributed by atoms with Crippen LogP contribution in [0, 0.1) is 13.8 Å². The van der Waals surface area contributed by atoms with E-state index in [0.29, 0.717) is 25.3 Å². The molecule has 23 heavy (non-hydrogen) atoms. The predicted molar refractivity (Wildman–Crippen MR) is 91.5 cm³/mol. The zero-order valence-electron chi connectivity index (χ0n) is 13.6. The second kappa shape index (κ2) is 8.13. The van der Waals surface area contributed by atoms with Crippen molar-refractivity contribution in [2.24, 2.45) is 0 Å². The second-order valence-corrected chi connectivity index (χ2v) is 5.39. The quantitative estimate of drug-likeness (QED) is 0.784. The normalized spacial score (nSPS) is 10.2. The van der Waals surface area contributed by atoms with Crippen LogP contribution in [-0.4, -0.2) is 10.9 Å². The first-order valence-electron chi connectivity index (χ1n) is 7.67. The largest absolute Gasteiger partial charge is 0.438 e. The fourth-order valence-electron chi connectivity index (χ4n) is 2.22. The van der Waals surface area contributed by atoms with E-state index < -0.39 is 0 Å². The summed E-state index contributed by atoms with van der Waals surface area (Å²) in [6.07, 6.45) is 4.53. The topological polar surface area (TPSA) is 51.2 Å². The summed E-state index contributed by atoms with van der Waals surface area (Å²) in [5.41, 5.74) is 2.95. The van der Waals surface area contributed by atoms with Gasteiger partial charge in [0.25, 0.3) is 0 Å². The van der Waals surface area contributed by atoms with E-state index in [0.717, 1.165) is 22.4 Å². The summed E-state index contributed by atoms with van der Waals surface area (Å²) in [5, 5.41) is 2.88. The van der Waals surface area contributed by atoms with Crippen LogP contribution in [0.15, 0.2) is 49.2 Å². The maximum absolute atomic E-state index is 11.7. The van der Waals surface area contributed by atoms with E-state index in [9.17, 15) is 4.79 Å². The van der Waals surface area contributed by atoms with Gasteiger partial charge >= 0.3 is 0 Å². The molecule has 0 saturated heterocycles. The number of amides is 1. The molecule has 2 rings (SSSR count). The lowest BCUT2D eigenvalue weighted by Crippen LogP contribution is -2.22. The number of nitrogens with one attached hydrogen (secondary N) is 1. The Morgan fingerprint density at radius 1 is 1.26 bits per heavy atom. The molecule has 0 aliphatic rings. The number of nitrogens with zero attached hydrogens (tertiary/aromatic N) is 1. The maximum Gasteiger partial charge on any atom is 0.224 e. The first-order chi connectivity index (χ1) is 11.1. The highest BCUT2D eigenvalue weighted by Crippen LogP contribution is 2.29. The third-order valence-electron chi connectivity index (χ3n) is 3.51. The third-order valence-corrected chi connectivity index (χ3v) is 3.51. The number of hydrogen-bond acceptors (Lipinski definition) is 3. The zero-order chi connectivity index (χ0) is 16.7. The average Bonchev–Trinajstić information content (AvgIpc) is 2.55. The van der Waals surface area contributed by atoms with Crippen molar-refractivity contribution in [3.63, 3.8) is 0 Å². The van der Waals surface area contributed by atoms with E-state index in [1.165, 1.54) is 0 Å². The van der Waals surface area contributed by atoms with Gasteiger partial charge in [-0.2, -0.15) is 0 Å². The number of hydrogen-bond donors (Lipinski definition) is 1. The van der Waals surface area contributed by atoms with Gasteiger partial charge in [0.05, 0.1) is 0 Å². The van der Waals surface area contributed by atoms with Gasteiger partial charge < -0.3 is 10.1 Å². The minimum Gasteiger partial charge on any atom is -0.438 e. The van der Waals surface area contributed by atoms with Crippen molar-refractivity contribution in [3.8, 4) is 11.6 Å². The molecule has 1 aromatic heterocycles. The first kappa shape index (κ1) is 16.7. The summed E-state index contributed by atoms with van der Waals surface area (Å²) in [4.78, 5) is 16.0. The molecule has 0 bridgehead atoms. The Morgan fingerprint density at radius 3 is 2.70 bits per heavy atom. The Hall–Kier alpha value is -2.62. The Kier molecular flexibility index (Phi) is 5.92. The number of ether oxygens (including phenoxy) is 1. The highest BCUT2D eigenvalue weighted by Gasteiger charge is 2.10. The number of rotatable bonds is 7. The van der Waals surface area contributed by atoms with E-state index in [1.54, 1.807) is 12.3 Å². The van der Waals surface area contributed by atoms with Crippen LogP contribution >= 0.6 is 0 Å². The van der Waals surface area contributed by atoms with Crippen LogP contribution < -0.4 is 10.1 Å².